The van der Waals surface area contributed by atoms with Crippen molar-refractivity contribution in [2.45, 2.75) is 45.8 Å². The van der Waals surface area contributed by atoms with E-state index < -0.39 is 0 Å². The molecular weight excluding hydrogens is 242 g/mol. The third-order valence-electron chi connectivity index (χ3n) is 3.02. The van der Waals surface area contributed by atoms with Crippen LogP contribution in [0.2, 0.25) is 0 Å². The van der Waals surface area contributed by atoms with Gasteiger partial charge in [0.1, 0.15) is 6.61 Å². The van der Waals surface area contributed by atoms with E-state index >= 15 is 0 Å². The Morgan fingerprint density at radius 2 is 2.00 bits per heavy atom. The van der Waals surface area contributed by atoms with Gasteiger partial charge in [-0.25, -0.2) is 0 Å². The van der Waals surface area contributed by atoms with Gasteiger partial charge in [-0.05, 0) is 18.4 Å². The highest BCUT2D eigenvalue weighted by Crippen LogP contribution is 2.15. The summed E-state index contributed by atoms with van der Waals surface area (Å²) >= 11 is 0. The molecule has 2 atom stereocenters. The second kappa shape index (κ2) is 8.40. The van der Waals surface area contributed by atoms with Crippen LogP contribution in [-0.4, -0.2) is 12.0 Å². The van der Waals surface area contributed by atoms with Crippen LogP contribution in [0.5, 0.6) is 0 Å². The summed E-state index contributed by atoms with van der Waals surface area (Å²) in [7, 11) is 0. The van der Waals surface area contributed by atoms with Crippen LogP contribution in [0, 0.1) is 10.8 Å². The summed E-state index contributed by atoms with van der Waals surface area (Å²) in [5.74, 6) is -0.563. The van der Waals surface area contributed by atoms with Crippen LogP contribution in [0.3, 0.4) is 0 Å². The lowest BCUT2D eigenvalue weighted by atomic mass is 9.99. The van der Waals surface area contributed by atoms with Crippen molar-refractivity contribution in [2.24, 2.45) is 11.1 Å². The molecule has 1 rings (SSSR count). The summed E-state index contributed by atoms with van der Waals surface area (Å²) in [6.45, 7) is 4.05. The topological polar surface area (TPSA) is 55.7 Å². The van der Waals surface area contributed by atoms with E-state index in [1.807, 2.05) is 37.3 Å². The molecule has 0 fully saturated rings. The van der Waals surface area contributed by atoms with Crippen LogP contribution in [0.25, 0.3) is 0 Å². The van der Waals surface area contributed by atoms with Crippen molar-refractivity contribution < 1.29 is 9.53 Å². The molecule has 1 aromatic carbocycles. The molecule has 0 saturated heterocycles. The molecular formula is C15H21NO3. The van der Waals surface area contributed by atoms with Gasteiger partial charge in [-0.3, -0.25) is 4.79 Å². The van der Waals surface area contributed by atoms with Crippen LogP contribution in [0.1, 0.15) is 38.7 Å². The normalized spacial score (nSPS) is 13.6. The number of hydrogen-bond acceptors (Lipinski definition) is 4. The Morgan fingerprint density at radius 1 is 1.32 bits per heavy atom. The van der Waals surface area contributed by atoms with Crippen molar-refractivity contribution in [1.82, 2.24) is 0 Å². The van der Waals surface area contributed by atoms with E-state index in [1.165, 1.54) is 0 Å². The number of rotatable bonds is 8. The monoisotopic (exact) mass is 263 g/mol. The third kappa shape index (κ3) is 5.64. The predicted octanol–water partition coefficient (Wildman–Crippen LogP) is 3.69. The molecule has 4 heteroatoms. The maximum Gasteiger partial charge on any atom is 0.309 e. The third-order valence-corrected chi connectivity index (χ3v) is 3.02. The first-order valence-corrected chi connectivity index (χ1v) is 6.70. The fourth-order valence-corrected chi connectivity index (χ4v) is 1.92. The first-order chi connectivity index (χ1) is 9.17. The highest BCUT2D eigenvalue weighted by atomic mass is 16.5. The fourth-order valence-electron chi connectivity index (χ4n) is 1.92. The molecule has 104 valence electrons. The van der Waals surface area contributed by atoms with Gasteiger partial charge >= 0.3 is 5.97 Å². The molecule has 0 amide bonds. The number of benzene rings is 1. The molecule has 0 bridgehead atoms. The number of carbonyl (C=O) groups excluding carboxylic acids is 1. The summed E-state index contributed by atoms with van der Waals surface area (Å²) in [5, 5.41) is 3.06. The van der Waals surface area contributed by atoms with Crippen molar-refractivity contribution in [2.75, 3.05) is 0 Å². The van der Waals surface area contributed by atoms with Gasteiger partial charge in [0, 0.05) is 0 Å². The molecule has 0 aliphatic rings. The van der Waals surface area contributed by atoms with Crippen molar-refractivity contribution in [3.8, 4) is 0 Å². The summed E-state index contributed by atoms with van der Waals surface area (Å²) in [5.41, 5.74) is 0.960. The van der Waals surface area contributed by atoms with Gasteiger partial charge in [-0.2, -0.15) is 4.91 Å². The van der Waals surface area contributed by atoms with Crippen molar-refractivity contribution in [3.05, 3.63) is 40.8 Å². The minimum atomic E-state index is -0.294. The molecule has 19 heavy (non-hydrogen) atoms. The summed E-state index contributed by atoms with van der Waals surface area (Å²) in [4.78, 5) is 22.4. The summed E-state index contributed by atoms with van der Waals surface area (Å²) in [6, 6.07) is 9.25. The molecule has 1 aromatic rings. The second-order valence-electron chi connectivity index (χ2n) is 4.78. The number of nitrogens with zero attached hydrogens (tertiary/aromatic N) is 1. The maximum absolute atomic E-state index is 11.8. The van der Waals surface area contributed by atoms with E-state index in [0.29, 0.717) is 6.42 Å². The van der Waals surface area contributed by atoms with Crippen LogP contribution >= 0.6 is 0 Å². The van der Waals surface area contributed by atoms with E-state index in [4.69, 9.17) is 4.74 Å². The molecule has 0 aliphatic heterocycles. The molecule has 0 N–H and O–H groups in total. The van der Waals surface area contributed by atoms with Crippen molar-refractivity contribution >= 4 is 5.97 Å². The van der Waals surface area contributed by atoms with Crippen molar-refractivity contribution in [3.63, 3.8) is 0 Å². The predicted molar refractivity (Wildman–Crippen MR) is 74.5 cm³/mol. The Morgan fingerprint density at radius 3 is 2.58 bits per heavy atom. The lowest BCUT2D eigenvalue weighted by molar-refractivity contribution is -0.149. The number of hydrogen-bond donors (Lipinski definition) is 0. The zero-order chi connectivity index (χ0) is 14.1. The van der Waals surface area contributed by atoms with Crippen LogP contribution in [0.4, 0.5) is 0 Å². The first-order valence-electron chi connectivity index (χ1n) is 6.70. The minimum Gasteiger partial charge on any atom is -0.461 e. The molecule has 4 nitrogen and oxygen atoms in total. The zero-order valence-electron chi connectivity index (χ0n) is 11.5. The molecule has 0 spiro atoms. The summed E-state index contributed by atoms with van der Waals surface area (Å²) < 4.78 is 5.23. The molecule has 0 aromatic heterocycles. The lowest BCUT2D eigenvalue weighted by Gasteiger charge is -2.14. The highest BCUT2D eigenvalue weighted by molar-refractivity contribution is 5.72. The quantitative estimate of drug-likeness (QED) is 0.531. The molecule has 0 radical (unpaired) electrons. The van der Waals surface area contributed by atoms with Gasteiger partial charge in [-0.1, -0.05) is 55.8 Å². The smallest absolute Gasteiger partial charge is 0.309 e. The van der Waals surface area contributed by atoms with E-state index in [2.05, 4.69) is 5.18 Å². The number of esters is 1. The number of nitroso groups, excluding NO2 is 1. The Bertz CT molecular complexity index is 392. The number of carbonyl (C=O) groups is 1. The van der Waals surface area contributed by atoms with Gasteiger partial charge < -0.3 is 4.74 Å². The average Bonchev–Trinajstić information content (AvgIpc) is 2.45. The van der Waals surface area contributed by atoms with Gasteiger partial charge in [0.2, 0.25) is 0 Å². The van der Waals surface area contributed by atoms with Crippen LogP contribution < -0.4 is 0 Å². The van der Waals surface area contributed by atoms with E-state index in [-0.39, 0.29) is 24.5 Å². The van der Waals surface area contributed by atoms with Crippen LogP contribution in [0.15, 0.2) is 35.5 Å². The molecule has 0 aliphatic carbocycles. The Hall–Kier alpha value is -1.71. The van der Waals surface area contributed by atoms with Gasteiger partial charge in [0.05, 0.1) is 12.0 Å². The standard InChI is InChI=1S/C15H21NO3/c1-3-7-14(16-18)10-12(2)15(17)19-11-13-8-5-4-6-9-13/h4-6,8-9,12,14H,3,7,10-11H2,1-2H3/t12-,14-/m0/s1. The molecule has 0 heterocycles. The Balaban J connectivity index is 2.38. The van der Waals surface area contributed by atoms with Gasteiger partial charge in [0.15, 0.2) is 0 Å². The fraction of sp³-hybridized carbons (Fsp3) is 0.533. The van der Waals surface area contributed by atoms with E-state index in [9.17, 15) is 9.70 Å². The lowest BCUT2D eigenvalue weighted by Crippen LogP contribution is -2.19. The molecule has 0 saturated carbocycles. The first kappa shape index (κ1) is 15.3. The van der Waals surface area contributed by atoms with Gasteiger partial charge in [-0.15, -0.1) is 0 Å². The SMILES string of the molecule is CCC[C@@H](C[C@H](C)C(=O)OCc1ccccc1)N=O. The second-order valence-corrected chi connectivity index (χ2v) is 4.78. The van der Waals surface area contributed by atoms with E-state index in [0.717, 1.165) is 18.4 Å². The zero-order valence-corrected chi connectivity index (χ0v) is 11.5. The van der Waals surface area contributed by atoms with Gasteiger partial charge in [0.25, 0.3) is 0 Å². The Kier molecular flexibility index (Phi) is 6.79. The van der Waals surface area contributed by atoms with Crippen molar-refractivity contribution in [1.29, 1.82) is 0 Å². The maximum atomic E-state index is 11.8. The van der Waals surface area contributed by atoms with Crippen LogP contribution in [-0.2, 0) is 16.1 Å². The minimum absolute atomic E-state index is 0.270. The number of ether oxygens (including phenoxy) is 1. The summed E-state index contributed by atoms with van der Waals surface area (Å²) in [6.07, 6.45) is 2.08. The Labute approximate surface area is 114 Å². The molecule has 0 unspecified atom stereocenters. The average molecular weight is 263 g/mol. The van der Waals surface area contributed by atoms with E-state index in [1.54, 1.807) is 6.92 Å². The largest absolute Gasteiger partial charge is 0.461 e. The highest BCUT2D eigenvalue weighted by Gasteiger charge is 2.20.